The minimum Gasteiger partial charge on any atom is -0.465 e. The van der Waals surface area contributed by atoms with Crippen LogP contribution in [-0.2, 0) is 9.53 Å². The monoisotopic (exact) mass is 250 g/mol. The van der Waals surface area contributed by atoms with E-state index in [0.29, 0.717) is 17.9 Å². The Bertz CT molecular complexity index is 469. The van der Waals surface area contributed by atoms with Gasteiger partial charge in [0.1, 0.15) is 5.41 Å². The van der Waals surface area contributed by atoms with Gasteiger partial charge in [-0.05, 0) is 19.9 Å². The van der Waals surface area contributed by atoms with E-state index in [9.17, 15) is 9.59 Å². The zero-order valence-corrected chi connectivity index (χ0v) is 10.7. The Kier molecular flexibility index (Phi) is 3.24. The number of carbonyl (C=O) groups is 2. The molecular weight excluding hydrogens is 236 g/mol. The fourth-order valence-corrected chi connectivity index (χ4v) is 2.99. The average Bonchev–Trinajstić information content (AvgIpc) is 2.35. The lowest BCUT2D eigenvalue weighted by molar-refractivity contribution is -0.150. The van der Waals surface area contributed by atoms with E-state index in [1.807, 2.05) is 18.2 Å². The highest BCUT2D eigenvalue weighted by Gasteiger charge is 2.46. The number of Topliss-reactive ketones (excluding diaryl/α,β-unsaturated/α-hetero) is 1. The smallest absolute Gasteiger partial charge is 0.320 e. The topological polar surface area (TPSA) is 43.4 Å². The molecule has 0 aliphatic carbocycles. The largest absolute Gasteiger partial charge is 0.465 e. The van der Waals surface area contributed by atoms with Crippen LogP contribution in [0.25, 0.3) is 0 Å². The van der Waals surface area contributed by atoms with Crippen LogP contribution in [0.3, 0.4) is 0 Å². The van der Waals surface area contributed by atoms with Crippen molar-refractivity contribution in [2.24, 2.45) is 5.41 Å². The van der Waals surface area contributed by atoms with Gasteiger partial charge in [0.15, 0.2) is 5.78 Å². The zero-order chi connectivity index (χ0) is 12.5. The Balaban J connectivity index is 2.37. The molecule has 0 fully saturated rings. The Hall–Kier alpha value is -1.29. The van der Waals surface area contributed by atoms with Gasteiger partial charge in [0.25, 0.3) is 0 Å². The van der Waals surface area contributed by atoms with Crippen LogP contribution in [0, 0.1) is 5.41 Å². The first kappa shape index (κ1) is 12.2. The van der Waals surface area contributed by atoms with Crippen molar-refractivity contribution in [3.8, 4) is 0 Å². The maximum atomic E-state index is 12.3. The number of ketones is 1. The second kappa shape index (κ2) is 4.53. The van der Waals surface area contributed by atoms with Gasteiger partial charge in [-0.2, -0.15) is 0 Å². The Labute approximate surface area is 105 Å². The van der Waals surface area contributed by atoms with Crippen molar-refractivity contribution in [1.82, 2.24) is 0 Å². The van der Waals surface area contributed by atoms with Crippen LogP contribution < -0.4 is 0 Å². The van der Waals surface area contributed by atoms with Crippen LogP contribution in [0.1, 0.15) is 24.2 Å². The number of thioether (sulfide) groups is 1. The van der Waals surface area contributed by atoms with E-state index in [2.05, 4.69) is 0 Å². The van der Waals surface area contributed by atoms with Crippen LogP contribution in [0.4, 0.5) is 0 Å². The Morgan fingerprint density at radius 1 is 1.47 bits per heavy atom. The molecule has 4 heteroatoms. The van der Waals surface area contributed by atoms with Crippen LogP contribution in [-0.4, -0.2) is 24.1 Å². The van der Waals surface area contributed by atoms with E-state index >= 15 is 0 Å². The predicted octanol–water partition coefficient (Wildman–Crippen LogP) is 2.54. The Morgan fingerprint density at radius 3 is 2.88 bits per heavy atom. The maximum absolute atomic E-state index is 12.3. The molecule has 0 aromatic heterocycles. The molecule has 2 rings (SSSR count). The molecule has 1 heterocycles. The van der Waals surface area contributed by atoms with Gasteiger partial charge in [-0.15, -0.1) is 11.8 Å². The van der Waals surface area contributed by atoms with Gasteiger partial charge in [-0.25, -0.2) is 0 Å². The van der Waals surface area contributed by atoms with Crippen LogP contribution in [0.2, 0.25) is 0 Å². The minimum atomic E-state index is -1.05. The first-order valence-corrected chi connectivity index (χ1v) is 6.52. The second-order valence-electron chi connectivity index (χ2n) is 4.17. The highest BCUT2D eigenvalue weighted by atomic mass is 32.2. The van der Waals surface area contributed by atoms with E-state index in [-0.39, 0.29) is 5.78 Å². The van der Waals surface area contributed by atoms with Gasteiger partial charge in [-0.1, -0.05) is 18.2 Å². The number of carbonyl (C=O) groups excluding carboxylic acids is 2. The molecule has 0 spiro atoms. The molecule has 0 N–H and O–H groups in total. The fraction of sp³-hybridized carbons (Fsp3) is 0.385. The number of hydrogen-bond acceptors (Lipinski definition) is 4. The summed E-state index contributed by atoms with van der Waals surface area (Å²) in [5.74, 6) is -0.112. The molecule has 17 heavy (non-hydrogen) atoms. The van der Waals surface area contributed by atoms with E-state index in [1.165, 1.54) is 11.8 Å². The van der Waals surface area contributed by atoms with Crippen molar-refractivity contribution in [3.05, 3.63) is 29.8 Å². The first-order valence-electron chi connectivity index (χ1n) is 5.53. The molecular formula is C13H14O3S. The van der Waals surface area contributed by atoms with Crippen molar-refractivity contribution in [1.29, 1.82) is 0 Å². The van der Waals surface area contributed by atoms with Crippen molar-refractivity contribution in [3.63, 3.8) is 0 Å². The standard InChI is InChI=1S/C13H14O3S/c1-3-16-12(15)13(2)8-17-10-7-5-4-6-9(10)11(13)14/h4-7H,3,8H2,1-2H3. The number of hydrogen-bond donors (Lipinski definition) is 0. The highest BCUT2D eigenvalue weighted by molar-refractivity contribution is 7.99. The third kappa shape index (κ3) is 1.97. The summed E-state index contributed by atoms with van der Waals surface area (Å²) in [6, 6.07) is 7.38. The predicted molar refractivity (Wildman–Crippen MR) is 66.2 cm³/mol. The molecule has 0 bridgehead atoms. The summed E-state index contributed by atoms with van der Waals surface area (Å²) in [5, 5.41) is 0. The summed E-state index contributed by atoms with van der Waals surface area (Å²) >= 11 is 1.53. The van der Waals surface area contributed by atoms with E-state index < -0.39 is 11.4 Å². The quantitative estimate of drug-likeness (QED) is 0.597. The molecule has 0 amide bonds. The molecule has 1 aromatic carbocycles. The van der Waals surface area contributed by atoms with Crippen molar-refractivity contribution in [2.75, 3.05) is 12.4 Å². The zero-order valence-electron chi connectivity index (χ0n) is 9.86. The lowest BCUT2D eigenvalue weighted by Gasteiger charge is -2.30. The molecule has 1 atom stereocenters. The summed E-state index contributed by atoms with van der Waals surface area (Å²) in [5.41, 5.74) is -0.422. The normalized spacial score (nSPS) is 23.1. The lowest BCUT2D eigenvalue weighted by atomic mass is 9.83. The summed E-state index contributed by atoms with van der Waals surface area (Å²) in [4.78, 5) is 25.2. The second-order valence-corrected chi connectivity index (χ2v) is 5.18. The summed E-state index contributed by atoms with van der Waals surface area (Å²) < 4.78 is 5.00. The number of benzene rings is 1. The molecule has 1 aliphatic rings. The molecule has 1 unspecified atom stereocenters. The molecule has 1 aromatic rings. The summed E-state index contributed by atoms with van der Waals surface area (Å²) in [6.45, 7) is 3.71. The van der Waals surface area contributed by atoms with Crippen molar-refractivity contribution >= 4 is 23.5 Å². The average molecular weight is 250 g/mol. The van der Waals surface area contributed by atoms with Gasteiger partial charge < -0.3 is 4.74 Å². The minimum absolute atomic E-state index is 0.134. The summed E-state index contributed by atoms with van der Waals surface area (Å²) in [7, 11) is 0. The number of esters is 1. The summed E-state index contributed by atoms with van der Waals surface area (Å²) in [6.07, 6.45) is 0. The number of ether oxygens (including phenoxy) is 1. The Morgan fingerprint density at radius 2 is 2.18 bits per heavy atom. The SMILES string of the molecule is CCOC(=O)C1(C)CSc2ccccc2C1=O. The van der Waals surface area contributed by atoms with Gasteiger partial charge in [0.2, 0.25) is 0 Å². The third-order valence-corrected chi connectivity index (χ3v) is 4.26. The molecule has 3 nitrogen and oxygen atoms in total. The molecule has 90 valence electrons. The fourth-order valence-electron chi connectivity index (χ4n) is 1.81. The van der Waals surface area contributed by atoms with Gasteiger partial charge in [-0.3, -0.25) is 9.59 Å². The number of rotatable bonds is 2. The molecule has 1 aliphatic heterocycles. The van der Waals surface area contributed by atoms with Crippen LogP contribution in [0.15, 0.2) is 29.2 Å². The van der Waals surface area contributed by atoms with Crippen LogP contribution in [0.5, 0.6) is 0 Å². The molecule has 0 saturated heterocycles. The van der Waals surface area contributed by atoms with E-state index in [0.717, 1.165) is 4.90 Å². The molecule has 0 radical (unpaired) electrons. The van der Waals surface area contributed by atoms with Crippen molar-refractivity contribution < 1.29 is 14.3 Å². The van der Waals surface area contributed by atoms with E-state index in [4.69, 9.17) is 4.74 Å². The van der Waals surface area contributed by atoms with Crippen molar-refractivity contribution in [2.45, 2.75) is 18.7 Å². The molecule has 0 saturated carbocycles. The number of fused-ring (bicyclic) bond motifs is 1. The maximum Gasteiger partial charge on any atom is 0.320 e. The van der Waals surface area contributed by atoms with Gasteiger partial charge in [0.05, 0.1) is 6.61 Å². The van der Waals surface area contributed by atoms with Crippen LogP contribution >= 0.6 is 11.8 Å². The first-order chi connectivity index (χ1) is 8.09. The lowest BCUT2D eigenvalue weighted by Crippen LogP contribution is -2.42. The van der Waals surface area contributed by atoms with E-state index in [1.54, 1.807) is 19.9 Å². The highest BCUT2D eigenvalue weighted by Crippen LogP contribution is 2.40. The third-order valence-electron chi connectivity index (χ3n) is 2.88. The van der Waals surface area contributed by atoms with Gasteiger partial charge in [0, 0.05) is 16.2 Å². The van der Waals surface area contributed by atoms with Gasteiger partial charge >= 0.3 is 5.97 Å².